The molecule has 0 radical (unpaired) electrons. The molecule has 0 fully saturated rings. The molecule has 5 nitrogen and oxygen atoms in total. The average Bonchev–Trinajstić information content (AvgIpc) is 2.88. The summed E-state index contributed by atoms with van der Waals surface area (Å²) >= 11 is 3.47. The molecule has 0 atom stereocenters. The summed E-state index contributed by atoms with van der Waals surface area (Å²) in [6, 6.07) is 14.3. The highest BCUT2D eigenvalue weighted by Gasteiger charge is 2.20. The van der Waals surface area contributed by atoms with E-state index in [-0.39, 0.29) is 0 Å². The molecule has 6 heteroatoms. The summed E-state index contributed by atoms with van der Waals surface area (Å²) < 4.78 is 1.09. The van der Waals surface area contributed by atoms with Crippen molar-refractivity contribution in [2.45, 2.75) is 13.3 Å². The first kappa shape index (κ1) is 20.0. The highest BCUT2D eigenvalue weighted by atomic mass is 79.9. The molecule has 0 spiro atoms. The van der Waals surface area contributed by atoms with Gasteiger partial charge in [-0.3, -0.25) is 4.98 Å². The maximum Gasteiger partial charge on any atom is 0.138 e. The Morgan fingerprint density at radius 2 is 2.00 bits per heavy atom. The molecule has 4 rings (SSSR count). The number of nitrogens with zero attached hydrogens (tertiary/aromatic N) is 3. The number of rotatable bonds is 4. The summed E-state index contributed by atoms with van der Waals surface area (Å²) in [4.78, 5) is 13.4. The minimum absolute atomic E-state index is 0.772. The second-order valence-corrected chi connectivity index (χ2v) is 7.90. The van der Waals surface area contributed by atoms with Gasteiger partial charge in [0.1, 0.15) is 5.82 Å². The summed E-state index contributed by atoms with van der Waals surface area (Å²) in [5.41, 5.74) is 5.95. The number of halogens is 1. The minimum atomic E-state index is 0.772. The van der Waals surface area contributed by atoms with Gasteiger partial charge in [-0.15, -0.1) is 0 Å². The summed E-state index contributed by atoms with van der Waals surface area (Å²) in [5.74, 6) is 1.63. The Labute approximate surface area is 184 Å². The van der Waals surface area contributed by atoms with E-state index < -0.39 is 0 Å². The molecule has 0 unspecified atom stereocenters. The van der Waals surface area contributed by atoms with Crippen LogP contribution in [0.2, 0.25) is 0 Å². The van der Waals surface area contributed by atoms with E-state index in [1.807, 2.05) is 31.3 Å². The van der Waals surface area contributed by atoms with Crippen molar-refractivity contribution in [1.29, 1.82) is 0 Å². The lowest BCUT2D eigenvalue weighted by Gasteiger charge is -2.10. The number of aromatic nitrogens is 2. The number of aliphatic imine (C=N–C) groups is 1. The third-order valence-corrected chi connectivity index (χ3v) is 5.45. The van der Waals surface area contributed by atoms with Gasteiger partial charge in [-0.25, -0.2) is 9.98 Å². The summed E-state index contributed by atoms with van der Waals surface area (Å²) in [6.45, 7) is 7.11. The van der Waals surface area contributed by atoms with Crippen molar-refractivity contribution in [2.24, 2.45) is 4.99 Å². The monoisotopic (exact) mass is 459 g/mol. The molecule has 3 aromatic rings. The predicted molar refractivity (Wildman–Crippen MR) is 128 cm³/mol. The van der Waals surface area contributed by atoms with Crippen LogP contribution >= 0.6 is 15.9 Å². The van der Waals surface area contributed by atoms with Crippen LogP contribution in [-0.4, -0.2) is 22.3 Å². The zero-order valence-electron chi connectivity index (χ0n) is 16.7. The highest BCUT2D eigenvalue weighted by Crippen LogP contribution is 2.40. The molecule has 1 aromatic carbocycles. The Bertz CT molecular complexity index is 1130. The summed E-state index contributed by atoms with van der Waals surface area (Å²) in [7, 11) is 0. The van der Waals surface area contributed by atoms with Crippen LogP contribution in [0.15, 0.2) is 83.3 Å². The molecule has 30 heavy (non-hydrogen) atoms. The first-order chi connectivity index (χ1) is 14.6. The fourth-order valence-electron chi connectivity index (χ4n) is 3.31. The number of fused-ring (bicyclic) bond motifs is 2. The molecule has 1 aliphatic heterocycles. The van der Waals surface area contributed by atoms with E-state index in [2.05, 4.69) is 72.4 Å². The largest absolute Gasteiger partial charge is 0.373 e. The average molecular weight is 460 g/mol. The molecule has 2 N–H and O–H groups in total. The zero-order valence-corrected chi connectivity index (χ0v) is 18.3. The number of hydrogen-bond acceptors (Lipinski definition) is 4. The molecule has 3 heterocycles. The Balaban J connectivity index is 1.55. The van der Waals surface area contributed by atoms with E-state index in [0.29, 0.717) is 0 Å². The van der Waals surface area contributed by atoms with Crippen LogP contribution < -0.4 is 10.6 Å². The lowest BCUT2D eigenvalue weighted by atomic mass is 9.96. The van der Waals surface area contributed by atoms with Gasteiger partial charge in [0, 0.05) is 46.3 Å². The number of hydrogen-bond donors (Lipinski definition) is 2. The maximum atomic E-state index is 4.66. The van der Waals surface area contributed by atoms with Crippen molar-refractivity contribution in [1.82, 2.24) is 15.3 Å². The Morgan fingerprint density at radius 1 is 1.17 bits per heavy atom. The van der Waals surface area contributed by atoms with Crippen LogP contribution in [0.25, 0.3) is 11.1 Å². The van der Waals surface area contributed by atoms with Crippen LogP contribution in [0, 0.1) is 0 Å². The molecule has 0 bridgehead atoms. The zero-order chi connectivity index (χ0) is 20.9. The number of pyridine rings is 2. The topological polar surface area (TPSA) is 62.2 Å². The minimum Gasteiger partial charge on any atom is -0.373 e. The fourth-order valence-corrected chi connectivity index (χ4v) is 3.57. The fraction of sp³-hybridized carbons (Fsp3) is 0.125. The van der Waals surface area contributed by atoms with Gasteiger partial charge in [0.05, 0.1) is 17.7 Å². The van der Waals surface area contributed by atoms with E-state index in [1.54, 1.807) is 18.6 Å². The SMILES string of the molecule is C=C1/C(=C\N=C(/C)NCCc2ccc(Br)cc2)c2ccncc2Nc2ncccc21. The number of nitrogens with one attached hydrogen (secondary N) is 2. The van der Waals surface area contributed by atoms with Crippen molar-refractivity contribution in [3.05, 3.63) is 95.0 Å². The van der Waals surface area contributed by atoms with Gasteiger partial charge in [0.25, 0.3) is 0 Å². The van der Waals surface area contributed by atoms with Gasteiger partial charge in [0.15, 0.2) is 0 Å². The van der Waals surface area contributed by atoms with Crippen LogP contribution in [0.5, 0.6) is 0 Å². The van der Waals surface area contributed by atoms with Crippen LogP contribution in [0.1, 0.15) is 23.6 Å². The molecular weight excluding hydrogens is 438 g/mol. The summed E-state index contributed by atoms with van der Waals surface area (Å²) in [5, 5.41) is 6.75. The van der Waals surface area contributed by atoms with E-state index >= 15 is 0 Å². The first-order valence-corrected chi connectivity index (χ1v) is 10.5. The standard InChI is InChI=1S/C24H22BrN5/c1-16-20-4-3-11-28-24(20)30-23-15-26-12-10-21(23)22(16)14-29-17(2)27-13-9-18-5-7-19(25)8-6-18/h3-8,10-12,14-15H,1,9,13H2,2H3,(H,27,29)(H,28,30)/b22-14+. The van der Waals surface area contributed by atoms with Gasteiger partial charge in [-0.1, -0.05) is 34.6 Å². The molecule has 1 aliphatic rings. The van der Waals surface area contributed by atoms with Crippen molar-refractivity contribution in [3.8, 4) is 0 Å². The lowest BCUT2D eigenvalue weighted by Crippen LogP contribution is -2.22. The van der Waals surface area contributed by atoms with Gasteiger partial charge in [-0.2, -0.15) is 0 Å². The third-order valence-electron chi connectivity index (χ3n) is 4.92. The van der Waals surface area contributed by atoms with Crippen LogP contribution in [0.3, 0.4) is 0 Å². The molecule has 0 amide bonds. The van der Waals surface area contributed by atoms with Gasteiger partial charge < -0.3 is 10.6 Å². The third kappa shape index (κ3) is 4.49. The smallest absolute Gasteiger partial charge is 0.138 e. The van der Waals surface area contributed by atoms with Crippen molar-refractivity contribution >= 4 is 44.4 Å². The molecule has 150 valence electrons. The maximum absolute atomic E-state index is 4.66. The Hall–Kier alpha value is -3.25. The van der Waals surface area contributed by atoms with Gasteiger partial charge in [0.2, 0.25) is 0 Å². The molecule has 0 aliphatic carbocycles. The van der Waals surface area contributed by atoms with E-state index in [9.17, 15) is 0 Å². The molecule has 0 saturated heterocycles. The van der Waals surface area contributed by atoms with E-state index in [4.69, 9.17) is 0 Å². The number of anilines is 2. The number of benzene rings is 1. The molecule has 2 aromatic heterocycles. The number of amidine groups is 1. The number of allylic oxidation sites excluding steroid dienone is 2. The Morgan fingerprint density at radius 3 is 2.83 bits per heavy atom. The highest BCUT2D eigenvalue weighted by molar-refractivity contribution is 9.10. The van der Waals surface area contributed by atoms with Gasteiger partial charge in [-0.05, 0) is 54.8 Å². The second kappa shape index (κ2) is 9.05. The first-order valence-electron chi connectivity index (χ1n) is 9.71. The quantitative estimate of drug-likeness (QED) is 0.393. The molecular formula is C24H22BrN5. The Kier molecular flexibility index (Phi) is 6.05. The second-order valence-electron chi connectivity index (χ2n) is 6.98. The predicted octanol–water partition coefficient (Wildman–Crippen LogP) is 5.60. The van der Waals surface area contributed by atoms with Crippen molar-refractivity contribution in [2.75, 3.05) is 11.9 Å². The molecule has 0 saturated carbocycles. The lowest BCUT2D eigenvalue weighted by molar-refractivity contribution is 0.862. The van der Waals surface area contributed by atoms with E-state index in [1.165, 1.54) is 5.56 Å². The van der Waals surface area contributed by atoms with Gasteiger partial charge >= 0.3 is 0 Å². The van der Waals surface area contributed by atoms with Crippen LogP contribution in [0.4, 0.5) is 11.5 Å². The summed E-state index contributed by atoms with van der Waals surface area (Å²) in [6.07, 6.45) is 8.14. The van der Waals surface area contributed by atoms with Crippen molar-refractivity contribution < 1.29 is 0 Å². The normalized spacial score (nSPS) is 14.5. The van der Waals surface area contributed by atoms with Crippen molar-refractivity contribution in [3.63, 3.8) is 0 Å². The van der Waals surface area contributed by atoms with E-state index in [0.717, 1.165) is 57.1 Å². The van der Waals surface area contributed by atoms with Crippen LogP contribution in [-0.2, 0) is 6.42 Å².